The van der Waals surface area contributed by atoms with E-state index >= 15 is 0 Å². The number of fused-ring (bicyclic) bond motifs is 1. The third-order valence-corrected chi connectivity index (χ3v) is 5.36. The highest BCUT2D eigenvalue weighted by molar-refractivity contribution is 9.10. The molecule has 0 bridgehead atoms. The van der Waals surface area contributed by atoms with Crippen molar-refractivity contribution in [2.24, 2.45) is 0 Å². The number of piperidine rings is 1. The van der Waals surface area contributed by atoms with E-state index in [-0.39, 0.29) is 4.47 Å². The molecule has 1 aliphatic rings. The summed E-state index contributed by atoms with van der Waals surface area (Å²) in [5.41, 5.74) is 2.77. The van der Waals surface area contributed by atoms with Gasteiger partial charge in [0.2, 0.25) is 0 Å². The van der Waals surface area contributed by atoms with E-state index in [1.807, 2.05) is 6.92 Å². The zero-order chi connectivity index (χ0) is 18.3. The van der Waals surface area contributed by atoms with Crippen molar-refractivity contribution < 1.29 is 8.78 Å². The number of aryl methyl sites for hydroxylation is 1. The quantitative estimate of drug-likeness (QED) is 0.602. The third kappa shape index (κ3) is 3.35. The Labute approximate surface area is 158 Å². The molecule has 1 fully saturated rings. The van der Waals surface area contributed by atoms with Crippen LogP contribution in [-0.4, -0.2) is 37.6 Å². The number of likely N-dealkylation sites (tertiary alicyclic amines) is 1. The Morgan fingerprint density at radius 3 is 2.92 bits per heavy atom. The van der Waals surface area contributed by atoms with Crippen molar-refractivity contribution in [1.29, 1.82) is 0 Å². The van der Waals surface area contributed by atoms with Crippen molar-refractivity contribution in [2.75, 3.05) is 13.1 Å². The molecule has 5 nitrogen and oxygen atoms in total. The Morgan fingerprint density at radius 1 is 1.27 bits per heavy atom. The molecule has 0 spiro atoms. The summed E-state index contributed by atoms with van der Waals surface area (Å²) in [6.45, 7) is 4.29. The summed E-state index contributed by atoms with van der Waals surface area (Å²) in [5.74, 6) is -0.756. The molecule has 0 saturated carbocycles. The highest BCUT2D eigenvalue weighted by atomic mass is 79.9. The fourth-order valence-electron chi connectivity index (χ4n) is 3.65. The average Bonchev–Trinajstić information content (AvgIpc) is 3.07. The molecule has 1 aromatic carbocycles. The van der Waals surface area contributed by atoms with E-state index < -0.39 is 11.6 Å². The Morgan fingerprint density at radius 2 is 2.12 bits per heavy atom. The zero-order valence-corrected chi connectivity index (χ0v) is 15.9. The summed E-state index contributed by atoms with van der Waals surface area (Å²) in [5, 5.41) is 4.30. The Bertz CT molecular complexity index is 935. The van der Waals surface area contributed by atoms with E-state index in [0.29, 0.717) is 18.2 Å². The fourth-order valence-corrected chi connectivity index (χ4v) is 4.13. The predicted octanol–water partition coefficient (Wildman–Crippen LogP) is 3.85. The minimum Gasteiger partial charge on any atom is -0.298 e. The number of rotatable bonds is 3. The lowest BCUT2D eigenvalue weighted by molar-refractivity contribution is 0.197. The molecule has 1 saturated heterocycles. The molecule has 4 rings (SSSR count). The normalized spacial score (nSPS) is 18.5. The summed E-state index contributed by atoms with van der Waals surface area (Å²) in [4.78, 5) is 10.9. The van der Waals surface area contributed by atoms with Gasteiger partial charge < -0.3 is 0 Å². The fraction of sp³-hybridized carbons (Fsp3) is 0.389. The molecule has 8 heteroatoms. The number of hydrogen-bond acceptors (Lipinski definition) is 4. The van der Waals surface area contributed by atoms with Crippen LogP contribution in [0, 0.1) is 18.6 Å². The van der Waals surface area contributed by atoms with Crippen molar-refractivity contribution >= 4 is 21.7 Å². The number of aromatic nitrogens is 4. The number of hydrogen-bond donors (Lipinski definition) is 0. The van der Waals surface area contributed by atoms with Gasteiger partial charge in [0.15, 0.2) is 11.6 Å². The highest BCUT2D eigenvalue weighted by Gasteiger charge is 2.25. The van der Waals surface area contributed by atoms with Crippen LogP contribution in [0.5, 0.6) is 0 Å². The van der Waals surface area contributed by atoms with Crippen LogP contribution >= 0.6 is 15.9 Å². The lowest BCUT2D eigenvalue weighted by Crippen LogP contribution is -2.34. The third-order valence-electron chi connectivity index (χ3n) is 4.78. The molecule has 136 valence electrons. The van der Waals surface area contributed by atoms with Crippen LogP contribution in [0.4, 0.5) is 8.78 Å². The molecule has 1 aliphatic heterocycles. The van der Waals surface area contributed by atoms with Crippen LogP contribution in [0.3, 0.4) is 0 Å². The van der Waals surface area contributed by atoms with Crippen molar-refractivity contribution in [2.45, 2.75) is 32.2 Å². The van der Waals surface area contributed by atoms with Crippen LogP contribution in [0.2, 0.25) is 0 Å². The standard InChI is InChI=1S/C18H18BrF2N5/c1-11-5-16(26-18(24-11)22-10-23-26)13-3-2-4-25(9-13)8-12-6-14(19)17(21)15(20)7-12/h5-7,10,13H,2-4,8-9H2,1H3. The van der Waals surface area contributed by atoms with Gasteiger partial charge in [0.05, 0.1) is 10.2 Å². The van der Waals surface area contributed by atoms with Gasteiger partial charge in [-0.25, -0.2) is 18.3 Å². The van der Waals surface area contributed by atoms with Gasteiger partial charge in [-0.2, -0.15) is 10.1 Å². The van der Waals surface area contributed by atoms with E-state index in [2.05, 4.69) is 42.0 Å². The molecule has 0 radical (unpaired) electrons. The summed E-state index contributed by atoms with van der Waals surface area (Å²) in [6.07, 6.45) is 3.61. The molecule has 1 unspecified atom stereocenters. The van der Waals surface area contributed by atoms with Gasteiger partial charge in [-0.15, -0.1) is 0 Å². The Kier molecular flexibility index (Phi) is 4.71. The van der Waals surface area contributed by atoms with Crippen LogP contribution in [-0.2, 0) is 6.54 Å². The number of nitrogens with zero attached hydrogens (tertiary/aromatic N) is 5. The van der Waals surface area contributed by atoms with E-state index in [1.54, 1.807) is 10.6 Å². The molecule has 0 amide bonds. The first kappa shape index (κ1) is 17.5. The zero-order valence-electron chi connectivity index (χ0n) is 14.3. The maximum atomic E-state index is 13.7. The monoisotopic (exact) mass is 421 g/mol. The van der Waals surface area contributed by atoms with Gasteiger partial charge in [-0.3, -0.25) is 4.90 Å². The van der Waals surface area contributed by atoms with Crippen molar-refractivity contribution in [1.82, 2.24) is 24.5 Å². The molecule has 0 aliphatic carbocycles. The minimum atomic E-state index is -0.842. The Balaban J connectivity index is 1.57. The SMILES string of the molecule is Cc1cc(C2CCCN(Cc3cc(F)c(F)c(Br)c3)C2)n2ncnc2n1. The predicted molar refractivity (Wildman–Crippen MR) is 96.8 cm³/mol. The summed E-state index contributed by atoms with van der Waals surface area (Å²) < 4.78 is 29.1. The average molecular weight is 422 g/mol. The summed E-state index contributed by atoms with van der Waals surface area (Å²) in [7, 11) is 0. The van der Waals surface area contributed by atoms with Gasteiger partial charge in [0.1, 0.15) is 6.33 Å². The van der Waals surface area contributed by atoms with Gasteiger partial charge in [-0.1, -0.05) is 0 Å². The summed E-state index contributed by atoms with van der Waals surface area (Å²) in [6, 6.07) is 4.98. The second-order valence-electron chi connectivity index (χ2n) is 6.74. The lowest BCUT2D eigenvalue weighted by atomic mass is 9.93. The molecule has 3 aromatic rings. The number of halogens is 3. The van der Waals surface area contributed by atoms with Crippen molar-refractivity contribution in [3.05, 3.63) is 57.6 Å². The second-order valence-corrected chi connectivity index (χ2v) is 7.60. The van der Waals surface area contributed by atoms with Crippen molar-refractivity contribution in [3.63, 3.8) is 0 Å². The molecule has 3 heterocycles. The van der Waals surface area contributed by atoms with Gasteiger partial charge >= 0.3 is 0 Å². The largest absolute Gasteiger partial charge is 0.298 e. The smallest absolute Gasteiger partial charge is 0.252 e. The number of benzene rings is 1. The van der Waals surface area contributed by atoms with E-state index in [4.69, 9.17) is 0 Å². The van der Waals surface area contributed by atoms with E-state index in [9.17, 15) is 8.78 Å². The molecule has 26 heavy (non-hydrogen) atoms. The minimum absolute atomic E-state index is 0.162. The lowest BCUT2D eigenvalue weighted by Gasteiger charge is -2.33. The van der Waals surface area contributed by atoms with Crippen LogP contribution in [0.15, 0.2) is 29.0 Å². The first-order chi connectivity index (χ1) is 12.5. The molecular formula is C18H18BrF2N5. The topological polar surface area (TPSA) is 46.3 Å². The first-order valence-electron chi connectivity index (χ1n) is 8.54. The van der Waals surface area contributed by atoms with E-state index in [1.165, 1.54) is 12.4 Å². The second kappa shape index (κ2) is 7.00. The Hall–Kier alpha value is -1.93. The van der Waals surface area contributed by atoms with Crippen LogP contribution in [0.25, 0.3) is 5.78 Å². The molecular weight excluding hydrogens is 404 g/mol. The van der Waals surface area contributed by atoms with Gasteiger partial charge in [-0.05, 0) is 66.0 Å². The first-order valence-corrected chi connectivity index (χ1v) is 9.33. The van der Waals surface area contributed by atoms with E-state index in [0.717, 1.165) is 42.9 Å². The maximum absolute atomic E-state index is 13.7. The summed E-state index contributed by atoms with van der Waals surface area (Å²) >= 11 is 3.08. The molecule has 0 N–H and O–H groups in total. The van der Waals surface area contributed by atoms with Gasteiger partial charge in [0.25, 0.3) is 5.78 Å². The molecule has 1 atom stereocenters. The molecule has 2 aromatic heterocycles. The van der Waals surface area contributed by atoms with Crippen molar-refractivity contribution in [3.8, 4) is 0 Å². The highest BCUT2D eigenvalue weighted by Crippen LogP contribution is 2.29. The van der Waals surface area contributed by atoms with Gasteiger partial charge in [0, 0.05) is 24.7 Å². The van der Waals surface area contributed by atoms with Crippen LogP contribution in [0.1, 0.15) is 35.7 Å². The maximum Gasteiger partial charge on any atom is 0.252 e. The van der Waals surface area contributed by atoms with Crippen LogP contribution < -0.4 is 0 Å².